The molecular formula is C18H31N. The first-order valence-corrected chi connectivity index (χ1v) is 8.73. The quantitative estimate of drug-likeness (QED) is 0.582. The summed E-state index contributed by atoms with van der Waals surface area (Å²) in [7, 11) is 0. The Hall–Kier alpha value is -0.510. The Bertz CT molecular complexity index is 283. The first-order valence-electron chi connectivity index (χ1n) is 8.73. The molecule has 2 fully saturated rings. The number of nitrogens with zero attached hydrogens (tertiary/aromatic N) is 1. The lowest BCUT2D eigenvalue weighted by atomic mass is 9.68. The van der Waals surface area contributed by atoms with E-state index in [1.807, 2.05) is 0 Å². The van der Waals surface area contributed by atoms with Gasteiger partial charge < -0.3 is 0 Å². The van der Waals surface area contributed by atoms with Gasteiger partial charge in [-0.25, -0.2) is 0 Å². The van der Waals surface area contributed by atoms with Crippen LogP contribution in [0.25, 0.3) is 0 Å². The molecule has 108 valence electrons. The van der Waals surface area contributed by atoms with E-state index in [0.717, 1.165) is 17.8 Å². The van der Waals surface area contributed by atoms with Gasteiger partial charge in [0.2, 0.25) is 0 Å². The second kappa shape index (κ2) is 7.93. The maximum atomic E-state index is 9.12. The molecule has 0 aliphatic heterocycles. The summed E-state index contributed by atoms with van der Waals surface area (Å²) in [5.74, 6) is 3.24. The van der Waals surface area contributed by atoms with Crippen molar-refractivity contribution in [2.45, 2.75) is 84.0 Å². The molecule has 0 N–H and O–H groups in total. The van der Waals surface area contributed by atoms with Crippen molar-refractivity contribution < 1.29 is 0 Å². The van der Waals surface area contributed by atoms with Crippen molar-refractivity contribution >= 4 is 0 Å². The van der Waals surface area contributed by atoms with E-state index in [0.29, 0.717) is 5.92 Å². The van der Waals surface area contributed by atoms with Crippen molar-refractivity contribution in [3.8, 4) is 6.07 Å². The normalized spacial score (nSPS) is 35.8. The summed E-state index contributed by atoms with van der Waals surface area (Å²) in [5, 5.41) is 9.12. The van der Waals surface area contributed by atoms with Gasteiger partial charge in [-0.1, -0.05) is 58.3 Å². The van der Waals surface area contributed by atoms with Crippen molar-refractivity contribution in [2.24, 2.45) is 23.7 Å². The van der Waals surface area contributed by atoms with Gasteiger partial charge in [-0.15, -0.1) is 0 Å². The molecule has 2 saturated carbocycles. The van der Waals surface area contributed by atoms with Crippen LogP contribution in [0.1, 0.15) is 84.0 Å². The van der Waals surface area contributed by atoms with Gasteiger partial charge in [-0.05, 0) is 43.4 Å². The lowest BCUT2D eigenvalue weighted by molar-refractivity contribution is 0.149. The number of nitriles is 1. The summed E-state index contributed by atoms with van der Waals surface area (Å²) < 4.78 is 0. The SMILES string of the molecule is CCCCCC1CCC([C@@H]2CCC[C@H](C#N)C2)CC1. The molecule has 1 nitrogen and oxygen atoms in total. The summed E-state index contributed by atoms with van der Waals surface area (Å²) in [5.41, 5.74) is 0. The smallest absolute Gasteiger partial charge is 0.0655 e. The molecule has 0 amide bonds. The van der Waals surface area contributed by atoms with Gasteiger partial charge in [0.1, 0.15) is 0 Å². The first kappa shape index (κ1) is 14.9. The molecule has 0 aromatic carbocycles. The van der Waals surface area contributed by atoms with Crippen LogP contribution in [-0.4, -0.2) is 0 Å². The third-order valence-corrected chi connectivity index (χ3v) is 5.67. The van der Waals surface area contributed by atoms with Gasteiger partial charge in [0.15, 0.2) is 0 Å². The second-order valence-electron chi connectivity index (χ2n) is 7.03. The zero-order valence-electron chi connectivity index (χ0n) is 12.7. The van der Waals surface area contributed by atoms with E-state index in [1.54, 1.807) is 0 Å². The van der Waals surface area contributed by atoms with E-state index in [1.165, 1.54) is 77.0 Å². The zero-order valence-corrected chi connectivity index (χ0v) is 12.7. The lowest BCUT2D eigenvalue weighted by Crippen LogP contribution is -2.26. The molecular weight excluding hydrogens is 230 g/mol. The fourth-order valence-corrected chi connectivity index (χ4v) is 4.40. The third kappa shape index (κ3) is 4.51. The molecule has 19 heavy (non-hydrogen) atoms. The van der Waals surface area contributed by atoms with Crippen LogP contribution in [0.15, 0.2) is 0 Å². The average molecular weight is 261 g/mol. The number of unbranched alkanes of at least 4 members (excludes halogenated alkanes) is 2. The molecule has 0 bridgehead atoms. The third-order valence-electron chi connectivity index (χ3n) is 5.67. The summed E-state index contributed by atoms with van der Waals surface area (Å²) in [6.07, 6.45) is 16.7. The van der Waals surface area contributed by atoms with E-state index in [-0.39, 0.29) is 0 Å². The Balaban J connectivity index is 1.69. The van der Waals surface area contributed by atoms with E-state index in [9.17, 15) is 0 Å². The molecule has 2 rings (SSSR count). The minimum absolute atomic E-state index is 0.376. The molecule has 0 heterocycles. The van der Waals surface area contributed by atoms with Crippen molar-refractivity contribution in [2.75, 3.05) is 0 Å². The van der Waals surface area contributed by atoms with Gasteiger partial charge >= 0.3 is 0 Å². The van der Waals surface area contributed by atoms with Crippen molar-refractivity contribution in [1.82, 2.24) is 0 Å². The Morgan fingerprint density at radius 2 is 1.74 bits per heavy atom. The minimum atomic E-state index is 0.376. The molecule has 0 radical (unpaired) electrons. The van der Waals surface area contributed by atoms with Crippen LogP contribution >= 0.6 is 0 Å². The fraction of sp³-hybridized carbons (Fsp3) is 0.944. The summed E-state index contributed by atoms with van der Waals surface area (Å²) >= 11 is 0. The summed E-state index contributed by atoms with van der Waals surface area (Å²) in [6, 6.07) is 2.52. The average Bonchev–Trinajstić information content (AvgIpc) is 2.48. The van der Waals surface area contributed by atoms with Crippen LogP contribution in [-0.2, 0) is 0 Å². The predicted octanol–water partition coefficient (Wildman–Crippen LogP) is 5.70. The molecule has 2 aliphatic carbocycles. The van der Waals surface area contributed by atoms with Crippen LogP contribution in [0.3, 0.4) is 0 Å². The summed E-state index contributed by atoms with van der Waals surface area (Å²) in [4.78, 5) is 0. The Morgan fingerprint density at radius 3 is 2.42 bits per heavy atom. The largest absolute Gasteiger partial charge is 0.198 e. The molecule has 1 heteroatoms. The van der Waals surface area contributed by atoms with Crippen LogP contribution in [0, 0.1) is 35.0 Å². The Labute approximate surface area is 119 Å². The Morgan fingerprint density at radius 1 is 0.947 bits per heavy atom. The number of hydrogen-bond acceptors (Lipinski definition) is 1. The maximum absolute atomic E-state index is 9.12. The van der Waals surface area contributed by atoms with E-state index in [2.05, 4.69) is 13.0 Å². The van der Waals surface area contributed by atoms with Gasteiger partial charge in [0, 0.05) is 5.92 Å². The minimum Gasteiger partial charge on any atom is -0.198 e. The van der Waals surface area contributed by atoms with Gasteiger partial charge in [-0.3, -0.25) is 0 Å². The molecule has 0 spiro atoms. The molecule has 2 atom stereocenters. The highest BCUT2D eigenvalue weighted by molar-refractivity contribution is 4.90. The monoisotopic (exact) mass is 261 g/mol. The number of hydrogen-bond donors (Lipinski definition) is 0. The van der Waals surface area contributed by atoms with Gasteiger partial charge in [0.05, 0.1) is 6.07 Å². The highest BCUT2D eigenvalue weighted by Gasteiger charge is 2.31. The summed E-state index contributed by atoms with van der Waals surface area (Å²) in [6.45, 7) is 2.30. The van der Waals surface area contributed by atoms with Crippen molar-refractivity contribution in [1.29, 1.82) is 5.26 Å². The van der Waals surface area contributed by atoms with E-state index < -0.39 is 0 Å². The van der Waals surface area contributed by atoms with Crippen LogP contribution < -0.4 is 0 Å². The topological polar surface area (TPSA) is 23.8 Å². The number of rotatable bonds is 5. The molecule has 0 unspecified atom stereocenters. The van der Waals surface area contributed by atoms with E-state index >= 15 is 0 Å². The fourth-order valence-electron chi connectivity index (χ4n) is 4.40. The van der Waals surface area contributed by atoms with Gasteiger partial charge in [0.25, 0.3) is 0 Å². The molecule has 0 aromatic heterocycles. The predicted molar refractivity (Wildman–Crippen MR) is 80.7 cm³/mol. The van der Waals surface area contributed by atoms with Crippen molar-refractivity contribution in [3.05, 3.63) is 0 Å². The lowest BCUT2D eigenvalue weighted by Gasteiger charge is -2.37. The standard InChI is InChI=1S/C18H31N/c1-2-3-4-6-15-9-11-17(12-10-15)18-8-5-7-16(13-18)14-19/h15-18H,2-13H2,1H3/t15?,16-,17?,18+/m0/s1. The molecule has 2 aliphatic rings. The molecule has 0 aromatic rings. The maximum Gasteiger partial charge on any atom is 0.0655 e. The molecule has 0 saturated heterocycles. The van der Waals surface area contributed by atoms with Crippen LogP contribution in [0.2, 0.25) is 0 Å². The first-order chi connectivity index (χ1) is 9.33. The van der Waals surface area contributed by atoms with Crippen LogP contribution in [0.5, 0.6) is 0 Å². The van der Waals surface area contributed by atoms with Crippen LogP contribution in [0.4, 0.5) is 0 Å². The second-order valence-corrected chi connectivity index (χ2v) is 7.03. The van der Waals surface area contributed by atoms with E-state index in [4.69, 9.17) is 5.26 Å². The highest BCUT2D eigenvalue weighted by Crippen LogP contribution is 2.42. The van der Waals surface area contributed by atoms with Gasteiger partial charge in [-0.2, -0.15) is 5.26 Å². The highest BCUT2D eigenvalue weighted by atomic mass is 14.4. The van der Waals surface area contributed by atoms with Crippen molar-refractivity contribution in [3.63, 3.8) is 0 Å². The zero-order chi connectivity index (χ0) is 13.5. The Kier molecular flexibility index (Phi) is 6.21.